The lowest BCUT2D eigenvalue weighted by Crippen LogP contribution is -2.55. The van der Waals surface area contributed by atoms with E-state index in [1.54, 1.807) is 0 Å². The van der Waals surface area contributed by atoms with Crippen LogP contribution in [0.4, 0.5) is 5.69 Å². The Hall–Kier alpha value is -3.44. The molecule has 1 aromatic carbocycles. The highest BCUT2D eigenvalue weighted by atomic mass is 32.2. The number of carboxylic acids is 3. The highest BCUT2D eigenvalue weighted by molar-refractivity contribution is 8.00. The van der Waals surface area contributed by atoms with E-state index in [9.17, 15) is 24.0 Å². The minimum Gasteiger partial charge on any atom is -0.480 e. The molecule has 7 N–H and O–H groups in total. The van der Waals surface area contributed by atoms with Crippen molar-refractivity contribution in [2.75, 3.05) is 69.7 Å². The Morgan fingerprint density at radius 1 is 0.911 bits per heavy atom. The molecule has 248 valence electrons. The van der Waals surface area contributed by atoms with Gasteiger partial charge in [0.15, 0.2) is 0 Å². The van der Waals surface area contributed by atoms with Gasteiger partial charge in [-0.2, -0.15) is 0 Å². The summed E-state index contributed by atoms with van der Waals surface area (Å²) in [7, 11) is 0. The number of benzene rings is 1. The number of nitrogens with zero attached hydrogens (tertiary/aromatic N) is 4. The average Bonchev–Trinajstić information content (AvgIpc) is 3.57. The van der Waals surface area contributed by atoms with Gasteiger partial charge in [-0.05, 0) is 50.9 Å². The van der Waals surface area contributed by atoms with E-state index in [0.29, 0.717) is 31.7 Å². The number of nitrogens with one attached hydrogen (secondary N) is 2. The number of amides is 2. The molecule has 0 bridgehead atoms. The molecule has 5 saturated heterocycles. The predicted octanol–water partition coefficient (Wildman–Crippen LogP) is -1.06. The van der Waals surface area contributed by atoms with Gasteiger partial charge >= 0.3 is 17.9 Å². The van der Waals surface area contributed by atoms with Crippen molar-refractivity contribution in [2.24, 2.45) is 5.73 Å². The Morgan fingerprint density at radius 3 is 2.13 bits per heavy atom. The van der Waals surface area contributed by atoms with Gasteiger partial charge in [0.2, 0.25) is 5.91 Å². The molecule has 0 saturated carbocycles. The van der Waals surface area contributed by atoms with Crippen LogP contribution in [-0.2, 0) is 24.0 Å². The standard InChI is InChI=1S/C15H19N3O3.C8H12N2O3S.C6H12N2O2/c19-13(20)10-17-11-18(12-4-2-1-3-5-12)15(14(17)21)6-8-16-9-7-15;9-4-1-2-6-10(7(4)11)5(3-14-6)8(12)13;9-6(10)5-8-3-1-7-2-4-8/h1-5,16H,6-11H2,(H,19,20);4-6H,1-3,9H2,(H,12,13);7H,1-5H2,(H,9,10)/t;4-,5-,6?;/m.0./s1. The molecule has 6 rings (SSSR count). The molecule has 5 aliphatic heterocycles. The fourth-order valence-electron chi connectivity index (χ4n) is 6.30. The van der Waals surface area contributed by atoms with Crippen LogP contribution in [0.2, 0.25) is 0 Å². The number of nitrogens with two attached hydrogens (primary N) is 1. The van der Waals surface area contributed by atoms with E-state index in [2.05, 4.69) is 15.5 Å². The summed E-state index contributed by atoms with van der Waals surface area (Å²) >= 11 is 1.54. The minimum absolute atomic E-state index is 0.0309. The van der Waals surface area contributed by atoms with Gasteiger partial charge in [-0.25, -0.2) is 4.79 Å². The first-order chi connectivity index (χ1) is 21.5. The lowest BCUT2D eigenvalue weighted by molar-refractivity contribution is -0.151. The van der Waals surface area contributed by atoms with Crippen molar-refractivity contribution >= 4 is 47.2 Å². The number of aliphatic carboxylic acids is 3. The number of piperazine rings is 1. The number of rotatable bonds is 6. The summed E-state index contributed by atoms with van der Waals surface area (Å²) < 4.78 is 0. The number of carbonyl (C=O) groups excluding carboxylic acids is 2. The highest BCUT2D eigenvalue weighted by Gasteiger charge is 2.53. The lowest BCUT2D eigenvalue weighted by Gasteiger charge is -2.40. The topological polar surface area (TPSA) is 209 Å². The summed E-state index contributed by atoms with van der Waals surface area (Å²) in [5, 5.41) is 32.8. The van der Waals surface area contributed by atoms with E-state index in [-0.39, 0.29) is 30.3 Å². The molecule has 0 aliphatic carbocycles. The predicted molar refractivity (Wildman–Crippen MR) is 167 cm³/mol. The van der Waals surface area contributed by atoms with Crippen molar-refractivity contribution in [3.63, 3.8) is 0 Å². The molecule has 2 amide bonds. The second-order valence-corrected chi connectivity index (χ2v) is 12.8. The number of carboxylic acid groups (broad SMARTS) is 3. The monoisotopic (exact) mass is 649 g/mol. The summed E-state index contributed by atoms with van der Waals surface area (Å²) in [6.45, 7) is 5.36. The fourth-order valence-corrected chi connectivity index (χ4v) is 7.72. The molecule has 1 unspecified atom stereocenters. The van der Waals surface area contributed by atoms with E-state index in [1.807, 2.05) is 35.2 Å². The molecule has 0 radical (unpaired) electrons. The minimum atomic E-state index is -0.970. The zero-order valence-corrected chi connectivity index (χ0v) is 26.0. The molecule has 16 heteroatoms. The van der Waals surface area contributed by atoms with E-state index in [0.717, 1.165) is 51.4 Å². The third-order valence-corrected chi connectivity index (χ3v) is 9.94. The first-order valence-corrected chi connectivity index (χ1v) is 16.2. The zero-order valence-electron chi connectivity index (χ0n) is 25.2. The quantitative estimate of drug-likeness (QED) is 0.217. The Labute approximate surface area is 266 Å². The largest absolute Gasteiger partial charge is 0.480 e. The summed E-state index contributed by atoms with van der Waals surface area (Å²) in [5.41, 5.74) is 5.98. The lowest BCUT2D eigenvalue weighted by atomic mass is 9.86. The molecule has 5 heterocycles. The average molecular weight is 650 g/mol. The van der Waals surface area contributed by atoms with E-state index in [4.69, 9.17) is 21.1 Å². The molecule has 15 nitrogen and oxygen atoms in total. The highest BCUT2D eigenvalue weighted by Crippen LogP contribution is 2.38. The van der Waals surface area contributed by atoms with Crippen molar-refractivity contribution < 1.29 is 39.3 Å². The third kappa shape index (κ3) is 8.43. The van der Waals surface area contributed by atoms with Crippen LogP contribution < -0.4 is 21.3 Å². The van der Waals surface area contributed by atoms with Gasteiger partial charge in [0, 0.05) is 37.6 Å². The van der Waals surface area contributed by atoms with Crippen LogP contribution in [0.1, 0.15) is 25.7 Å². The third-order valence-electron chi connectivity index (χ3n) is 8.58. The van der Waals surface area contributed by atoms with E-state index in [1.165, 1.54) is 21.6 Å². The van der Waals surface area contributed by atoms with Gasteiger partial charge in [0.25, 0.3) is 5.91 Å². The number of carbonyl (C=O) groups is 5. The molecule has 0 aromatic heterocycles. The fraction of sp³-hybridized carbons (Fsp3) is 0.621. The van der Waals surface area contributed by atoms with Gasteiger partial charge in [0.1, 0.15) is 18.1 Å². The van der Waals surface area contributed by atoms with E-state index >= 15 is 0 Å². The first-order valence-electron chi connectivity index (χ1n) is 15.1. The number of fused-ring (bicyclic) bond motifs is 1. The van der Waals surface area contributed by atoms with Crippen LogP contribution in [0.5, 0.6) is 0 Å². The molecular formula is C29H43N7O8S. The normalized spacial score (nSPS) is 26.0. The Balaban J connectivity index is 0.000000166. The van der Waals surface area contributed by atoms with Gasteiger partial charge in [-0.3, -0.25) is 24.1 Å². The Morgan fingerprint density at radius 2 is 1.53 bits per heavy atom. The molecule has 3 atom stereocenters. The molecule has 1 aromatic rings. The van der Waals surface area contributed by atoms with Crippen molar-refractivity contribution in [3.05, 3.63) is 30.3 Å². The van der Waals surface area contributed by atoms with Crippen LogP contribution in [0.15, 0.2) is 30.3 Å². The summed E-state index contributed by atoms with van der Waals surface area (Å²) in [5.74, 6) is -2.42. The first kappa shape index (κ1) is 34.4. The van der Waals surface area contributed by atoms with Crippen molar-refractivity contribution in [2.45, 2.75) is 48.7 Å². The second-order valence-electron chi connectivity index (χ2n) is 11.6. The Bertz CT molecular complexity index is 1210. The molecule has 5 aliphatic rings. The number of hydrogen-bond acceptors (Lipinski definition) is 11. The van der Waals surface area contributed by atoms with Crippen molar-refractivity contribution in [3.8, 4) is 0 Å². The van der Waals surface area contributed by atoms with Crippen molar-refractivity contribution in [1.29, 1.82) is 0 Å². The van der Waals surface area contributed by atoms with E-state index < -0.39 is 35.5 Å². The maximum atomic E-state index is 12.8. The smallest absolute Gasteiger partial charge is 0.327 e. The molecule has 5 fully saturated rings. The Kier molecular flexibility index (Phi) is 12.0. The van der Waals surface area contributed by atoms with Crippen LogP contribution in [0.3, 0.4) is 0 Å². The van der Waals surface area contributed by atoms with Gasteiger partial charge in [0.05, 0.1) is 24.6 Å². The number of anilines is 1. The number of piperidine rings is 2. The maximum Gasteiger partial charge on any atom is 0.327 e. The summed E-state index contributed by atoms with van der Waals surface area (Å²) in [6, 6.07) is 8.58. The SMILES string of the molecule is N[C@H]1CCC2SC[C@@H](C(=O)O)N2C1=O.O=C(O)CN1CCNCC1.O=C(O)CN1CN(c2ccccc2)C2(CCNCC2)C1=O. The van der Waals surface area contributed by atoms with Gasteiger partial charge in [-0.15, -0.1) is 11.8 Å². The maximum absolute atomic E-state index is 12.8. The van der Waals surface area contributed by atoms with Crippen molar-refractivity contribution in [1.82, 2.24) is 25.3 Å². The second kappa shape index (κ2) is 15.7. The van der Waals surface area contributed by atoms with Crippen LogP contribution in [0, 0.1) is 0 Å². The summed E-state index contributed by atoms with van der Waals surface area (Å²) in [6.07, 6.45) is 2.88. The van der Waals surface area contributed by atoms with Gasteiger partial charge < -0.3 is 46.4 Å². The molecular weight excluding hydrogens is 606 g/mol. The summed E-state index contributed by atoms with van der Waals surface area (Å²) in [4.78, 5) is 63.4. The number of thioether (sulfide) groups is 1. The number of para-hydroxylation sites is 1. The van der Waals surface area contributed by atoms with Crippen LogP contribution in [-0.4, -0.2) is 148 Å². The number of hydrogen-bond donors (Lipinski definition) is 6. The molecule has 45 heavy (non-hydrogen) atoms. The van der Waals surface area contributed by atoms with Crippen LogP contribution in [0.25, 0.3) is 0 Å². The van der Waals surface area contributed by atoms with Crippen LogP contribution >= 0.6 is 11.8 Å². The van der Waals surface area contributed by atoms with Gasteiger partial charge in [-0.1, -0.05) is 18.2 Å². The molecule has 1 spiro atoms. The zero-order chi connectivity index (χ0) is 32.6.